The van der Waals surface area contributed by atoms with Crippen molar-refractivity contribution in [2.45, 2.75) is 53.0 Å². The van der Waals surface area contributed by atoms with Crippen LogP contribution in [0.15, 0.2) is 18.2 Å². The molecule has 118 valence electrons. The summed E-state index contributed by atoms with van der Waals surface area (Å²) in [6.07, 6.45) is 3.34. The Hall–Kier alpha value is -1.09. The van der Waals surface area contributed by atoms with Crippen molar-refractivity contribution in [1.82, 2.24) is 5.32 Å². The summed E-state index contributed by atoms with van der Waals surface area (Å²) >= 11 is 0. The fourth-order valence-electron chi connectivity index (χ4n) is 3.02. The molecule has 1 fully saturated rings. The molecule has 0 aliphatic carbocycles. The number of piperidine rings is 1. The molecule has 1 unspecified atom stereocenters. The zero-order chi connectivity index (χ0) is 15.5. The summed E-state index contributed by atoms with van der Waals surface area (Å²) in [4.78, 5) is 2.24. The second-order valence-electron chi connectivity index (χ2n) is 7.00. The Morgan fingerprint density at radius 1 is 1.29 bits per heavy atom. The number of para-hydroxylation sites is 1. The van der Waals surface area contributed by atoms with E-state index in [1.807, 2.05) is 6.07 Å². The zero-order valence-corrected chi connectivity index (χ0v) is 13.9. The van der Waals surface area contributed by atoms with Gasteiger partial charge in [-0.05, 0) is 49.8 Å². The Labute approximate surface area is 128 Å². The molecule has 3 heteroatoms. The molecule has 0 saturated carbocycles. The van der Waals surface area contributed by atoms with Gasteiger partial charge >= 0.3 is 0 Å². The molecule has 0 amide bonds. The number of anilines is 1. The standard InChI is InChI=1S/C18H29FN2/c1-5-11-20-14(2)15-7-6-8-16(19)17(15)21-12-9-18(3,4)10-13-21/h6-8,14,20H,5,9-13H2,1-4H3. The molecule has 1 N–H and O–H groups in total. The van der Waals surface area contributed by atoms with Gasteiger partial charge in [0.2, 0.25) is 0 Å². The van der Waals surface area contributed by atoms with E-state index in [-0.39, 0.29) is 11.9 Å². The third kappa shape index (κ3) is 3.97. The van der Waals surface area contributed by atoms with Gasteiger partial charge in [0.1, 0.15) is 5.82 Å². The zero-order valence-electron chi connectivity index (χ0n) is 13.9. The number of halogens is 1. The molecular formula is C18H29FN2. The minimum atomic E-state index is -0.0858. The van der Waals surface area contributed by atoms with Crippen LogP contribution in [0.5, 0.6) is 0 Å². The fraction of sp³-hybridized carbons (Fsp3) is 0.667. The highest BCUT2D eigenvalue weighted by Gasteiger charge is 2.28. The van der Waals surface area contributed by atoms with Crippen LogP contribution in [0.25, 0.3) is 0 Å². The lowest BCUT2D eigenvalue weighted by Gasteiger charge is -2.39. The molecule has 0 spiro atoms. The van der Waals surface area contributed by atoms with Gasteiger partial charge in [-0.25, -0.2) is 4.39 Å². The molecule has 1 aromatic carbocycles. The largest absolute Gasteiger partial charge is 0.369 e. The average molecular weight is 292 g/mol. The molecule has 0 bridgehead atoms. The molecule has 0 radical (unpaired) electrons. The molecular weight excluding hydrogens is 263 g/mol. The fourth-order valence-corrected chi connectivity index (χ4v) is 3.02. The molecule has 0 aromatic heterocycles. The second kappa shape index (κ2) is 6.78. The predicted molar refractivity (Wildman–Crippen MR) is 88.3 cm³/mol. The maximum atomic E-state index is 14.4. The quantitative estimate of drug-likeness (QED) is 0.859. The highest BCUT2D eigenvalue weighted by molar-refractivity contribution is 5.56. The van der Waals surface area contributed by atoms with Crippen LogP contribution < -0.4 is 10.2 Å². The highest BCUT2D eigenvalue weighted by Crippen LogP contribution is 2.36. The molecule has 1 atom stereocenters. The van der Waals surface area contributed by atoms with E-state index in [2.05, 4.69) is 44.0 Å². The minimum absolute atomic E-state index is 0.0858. The number of rotatable bonds is 5. The summed E-state index contributed by atoms with van der Waals surface area (Å²) in [6.45, 7) is 11.7. The van der Waals surface area contributed by atoms with Gasteiger partial charge in [0.15, 0.2) is 0 Å². The summed E-state index contributed by atoms with van der Waals surface area (Å²) in [5.41, 5.74) is 2.28. The van der Waals surface area contributed by atoms with E-state index in [9.17, 15) is 4.39 Å². The van der Waals surface area contributed by atoms with Crippen molar-refractivity contribution in [3.63, 3.8) is 0 Å². The molecule has 2 nitrogen and oxygen atoms in total. The topological polar surface area (TPSA) is 15.3 Å². The Kier molecular flexibility index (Phi) is 5.26. The van der Waals surface area contributed by atoms with Crippen molar-refractivity contribution in [1.29, 1.82) is 0 Å². The molecule has 21 heavy (non-hydrogen) atoms. The Morgan fingerprint density at radius 3 is 2.57 bits per heavy atom. The van der Waals surface area contributed by atoms with E-state index in [1.54, 1.807) is 6.07 Å². The van der Waals surface area contributed by atoms with E-state index >= 15 is 0 Å². The van der Waals surface area contributed by atoms with Gasteiger partial charge in [0.25, 0.3) is 0 Å². The highest BCUT2D eigenvalue weighted by atomic mass is 19.1. The first-order chi connectivity index (χ1) is 9.94. The lowest BCUT2D eigenvalue weighted by molar-refractivity contribution is 0.278. The third-order valence-corrected chi connectivity index (χ3v) is 4.62. The smallest absolute Gasteiger partial charge is 0.146 e. The first-order valence-corrected chi connectivity index (χ1v) is 8.21. The maximum Gasteiger partial charge on any atom is 0.146 e. The van der Waals surface area contributed by atoms with Crippen molar-refractivity contribution >= 4 is 5.69 Å². The van der Waals surface area contributed by atoms with Gasteiger partial charge in [-0.1, -0.05) is 32.9 Å². The lowest BCUT2D eigenvalue weighted by atomic mass is 9.82. The lowest BCUT2D eigenvalue weighted by Crippen LogP contribution is -2.38. The predicted octanol–water partition coefficient (Wildman–Crippen LogP) is 4.51. The van der Waals surface area contributed by atoms with Gasteiger partial charge in [-0.2, -0.15) is 0 Å². The van der Waals surface area contributed by atoms with Gasteiger partial charge in [0, 0.05) is 19.1 Å². The number of hydrogen-bond acceptors (Lipinski definition) is 2. The summed E-state index contributed by atoms with van der Waals surface area (Å²) in [6, 6.07) is 5.66. The van der Waals surface area contributed by atoms with Gasteiger partial charge in [0.05, 0.1) is 5.69 Å². The van der Waals surface area contributed by atoms with E-state index in [4.69, 9.17) is 0 Å². The van der Waals surface area contributed by atoms with Crippen molar-refractivity contribution in [2.75, 3.05) is 24.5 Å². The van der Waals surface area contributed by atoms with Crippen LogP contribution in [0.2, 0.25) is 0 Å². The SMILES string of the molecule is CCCNC(C)c1cccc(F)c1N1CCC(C)(C)CC1. The van der Waals surface area contributed by atoms with E-state index in [0.29, 0.717) is 5.41 Å². The Balaban J connectivity index is 2.22. The maximum absolute atomic E-state index is 14.4. The van der Waals surface area contributed by atoms with Crippen LogP contribution >= 0.6 is 0 Å². The summed E-state index contributed by atoms with van der Waals surface area (Å²) in [5.74, 6) is -0.0858. The van der Waals surface area contributed by atoms with Crippen LogP contribution in [-0.4, -0.2) is 19.6 Å². The number of hydrogen-bond donors (Lipinski definition) is 1. The Morgan fingerprint density at radius 2 is 1.95 bits per heavy atom. The summed E-state index contributed by atoms with van der Waals surface area (Å²) in [5, 5.41) is 3.48. The molecule has 1 aromatic rings. The number of nitrogens with one attached hydrogen (secondary N) is 1. The van der Waals surface area contributed by atoms with Crippen LogP contribution in [0.1, 0.15) is 58.6 Å². The van der Waals surface area contributed by atoms with Gasteiger partial charge in [-0.3, -0.25) is 0 Å². The van der Waals surface area contributed by atoms with E-state index in [1.165, 1.54) is 0 Å². The summed E-state index contributed by atoms with van der Waals surface area (Å²) < 4.78 is 14.4. The van der Waals surface area contributed by atoms with E-state index in [0.717, 1.165) is 50.1 Å². The number of nitrogens with zero attached hydrogens (tertiary/aromatic N) is 1. The first kappa shape index (κ1) is 16.3. The van der Waals surface area contributed by atoms with Crippen molar-refractivity contribution < 1.29 is 4.39 Å². The normalized spacial score (nSPS) is 19.6. The molecule has 2 rings (SSSR count). The minimum Gasteiger partial charge on any atom is -0.369 e. The second-order valence-corrected chi connectivity index (χ2v) is 7.00. The summed E-state index contributed by atoms with van der Waals surface area (Å²) in [7, 11) is 0. The van der Waals surface area contributed by atoms with Crippen LogP contribution in [0.4, 0.5) is 10.1 Å². The van der Waals surface area contributed by atoms with Crippen molar-refractivity contribution in [3.8, 4) is 0 Å². The van der Waals surface area contributed by atoms with Gasteiger partial charge in [-0.15, -0.1) is 0 Å². The van der Waals surface area contributed by atoms with Crippen molar-refractivity contribution in [2.24, 2.45) is 5.41 Å². The third-order valence-electron chi connectivity index (χ3n) is 4.62. The molecule has 1 saturated heterocycles. The van der Waals surface area contributed by atoms with Crippen LogP contribution in [-0.2, 0) is 0 Å². The Bertz CT molecular complexity index is 460. The van der Waals surface area contributed by atoms with Crippen LogP contribution in [0.3, 0.4) is 0 Å². The molecule has 1 aliphatic heterocycles. The van der Waals surface area contributed by atoms with E-state index < -0.39 is 0 Å². The average Bonchev–Trinajstić information content (AvgIpc) is 2.45. The number of benzene rings is 1. The molecule has 1 heterocycles. The first-order valence-electron chi connectivity index (χ1n) is 8.21. The van der Waals surface area contributed by atoms with Crippen LogP contribution in [0, 0.1) is 11.2 Å². The van der Waals surface area contributed by atoms with Crippen molar-refractivity contribution in [3.05, 3.63) is 29.6 Å². The van der Waals surface area contributed by atoms with Gasteiger partial charge < -0.3 is 10.2 Å². The monoisotopic (exact) mass is 292 g/mol. The molecule has 1 aliphatic rings.